The van der Waals surface area contributed by atoms with E-state index in [4.69, 9.17) is 0 Å². The molecule has 0 aromatic rings. The molecule has 0 unspecified atom stereocenters. The quantitative estimate of drug-likeness (QED) is 0.801. The number of aliphatic hydroxyl groups is 2. The minimum absolute atomic E-state index is 0.0502. The molecule has 0 heterocycles. The minimum atomic E-state index is -0.283. The Bertz CT molecular complexity index is 596. The Morgan fingerprint density at radius 3 is 2.68 bits per heavy atom. The third-order valence-electron chi connectivity index (χ3n) is 9.12. The SMILES string of the molecule is C[C@H](CO)[C@H]1CC[C@H]2[C@@H]3CCC4=CC(=O)CC[C@]4(C)[C@H]3C[C@H](O)[C@]12C. The Hall–Kier alpha value is -0.670. The van der Waals surface area contributed by atoms with Crippen LogP contribution in [0, 0.1) is 40.4 Å². The minimum Gasteiger partial charge on any atom is -0.396 e. The first-order valence-electron chi connectivity index (χ1n) is 10.3. The lowest BCUT2D eigenvalue weighted by molar-refractivity contribution is -0.142. The smallest absolute Gasteiger partial charge is 0.155 e. The average Bonchev–Trinajstić information content (AvgIpc) is 2.95. The zero-order valence-corrected chi connectivity index (χ0v) is 16.0. The number of allylic oxidation sites excluding steroid dienone is 1. The highest BCUT2D eigenvalue weighted by Crippen LogP contribution is 2.67. The van der Waals surface area contributed by atoms with E-state index in [-0.39, 0.29) is 29.5 Å². The van der Waals surface area contributed by atoms with E-state index in [0.29, 0.717) is 35.9 Å². The molecular formula is C22H34O3. The summed E-state index contributed by atoms with van der Waals surface area (Å²) in [5, 5.41) is 21.0. The van der Waals surface area contributed by atoms with Crippen molar-refractivity contribution in [1.82, 2.24) is 0 Å². The summed E-state index contributed by atoms with van der Waals surface area (Å²) in [6.07, 6.45) is 8.72. The molecule has 0 aromatic heterocycles. The first kappa shape index (κ1) is 17.7. The lowest BCUT2D eigenvalue weighted by Crippen LogP contribution is -2.57. The molecule has 8 atom stereocenters. The maximum absolute atomic E-state index is 11.9. The van der Waals surface area contributed by atoms with Crippen LogP contribution >= 0.6 is 0 Å². The topological polar surface area (TPSA) is 57.5 Å². The zero-order chi connectivity index (χ0) is 18.0. The van der Waals surface area contributed by atoms with Gasteiger partial charge in [0.2, 0.25) is 0 Å². The van der Waals surface area contributed by atoms with E-state index in [2.05, 4.69) is 20.8 Å². The van der Waals surface area contributed by atoms with E-state index in [1.165, 1.54) is 18.4 Å². The van der Waals surface area contributed by atoms with E-state index in [1.54, 1.807) is 0 Å². The predicted octanol–water partition coefficient (Wildman–Crippen LogP) is 3.73. The van der Waals surface area contributed by atoms with Crippen LogP contribution in [0.2, 0.25) is 0 Å². The fourth-order valence-corrected chi connectivity index (χ4v) is 7.61. The second-order valence-electron chi connectivity index (χ2n) is 9.93. The number of fused-ring (bicyclic) bond motifs is 5. The summed E-state index contributed by atoms with van der Waals surface area (Å²) in [4.78, 5) is 11.9. The summed E-state index contributed by atoms with van der Waals surface area (Å²) in [6, 6.07) is 0. The highest BCUT2D eigenvalue weighted by molar-refractivity contribution is 5.91. The zero-order valence-electron chi connectivity index (χ0n) is 16.0. The van der Waals surface area contributed by atoms with Gasteiger partial charge in [-0.05, 0) is 85.0 Å². The number of aliphatic hydroxyl groups excluding tert-OH is 2. The predicted molar refractivity (Wildman–Crippen MR) is 97.8 cm³/mol. The summed E-state index contributed by atoms with van der Waals surface area (Å²) in [7, 11) is 0. The normalized spacial score (nSPS) is 50.5. The van der Waals surface area contributed by atoms with E-state index in [9.17, 15) is 15.0 Å². The van der Waals surface area contributed by atoms with Crippen LogP contribution in [0.1, 0.15) is 65.7 Å². The van der Waals surface area contributed by atoms with Gasteiger partial charge in [0.15, 0.2) is 5.78 Å². The first-order valence-corrected chi connectivity index (χ1v) is 10.3. The number of ketones is 1. The average molecular weight is 347 g/mol. The van der Waals surface area contributed by atoms with Gasteiger partial charge in [0.1, 0.15) is 0 Å². The molecule has 0 amide bonds. The van der Waals surface area contributed by atoms with Gasteiger partial charge >= 0.3 is 0 Å². The molecule has 3 heteroatoms. The highest BCUT2D eigenvalue weighted by atomic mass is 16.3. The molecule has 3 saturated carbocycles. The molecule has 0 aromatic carbocycles. The van der Waals surface area contributed by atoms with Gasteiger partial charge in [-0.3, -0.25) is 4.79 Å². The molecule has 3 fully saturated rings. The second kappa shape index (κ2) is 5.92. The molecule has 3 nitrogen and oxygen atoms in total. The van der Waals surface area contributed by atoms with Crippen molar-refractivity contribution in [1.29, 1.82) is 0 Å². The number of carbonyl (C=O) groups is 1. The summed E-state index contributed by atoms with van der Waals surface area (Å²) >= 11 is 0. The molecule has 0 radical (unpaired) electrons. The number of rotatable bonds is 2. The standard InChI is InChI=1S/C22H34O3/c1-13(12-23)17-6-7-18-16-5-4-14-10-15(24)8-9-21(14,2)19(16)11-20(25)22(17,18)3/h10,13,16-20,23,25H,4-9,11-12H2,1-3H3/t13-,16+,17-,18+,19+,20+,21+,22-/m1/s1. The van der Waals surface area contributed by atoms with Gasteiger partial charge in [-0.15, -0.1) is 0 Å². The number of carbonyl (C=O) groups excluding carboxylic acids is 1. The lowest BCUT2D eigenvalue weighted by Gasteiger charge is -2.60. The Morgan fingerprint density at radius 2 is 1.96 bits per heavy atom. The molecule has 4 aliphatic carbocycles. The summed E-state index contributed by atoms with van der Waals surface area (Å²) in [5.41, 5.74) is 1.42. The van der Waals surface area contributed by atoms with Crippen molar-refractivity contribution < 1.29 is 15.0 Å². The van der Waals surface area contributed by atoms with Gasteiger partial charge in [0.05, 0.1) is 6.10 Å². The van der Waals surface area contributed by atoms with Crippen LogP contribution in [0.25, 0.3) is 0 Å². The molecule has 0 bridgehead atoms. The third kappa shape index (κ3) is 2.34. The summed E-state index contributed by atoms with van der Waals surface area (Å²) in [5.74, 6) is 2.73. The van der Waals surface area contributed by atoms with Crippen LogP contribution < -0.4 is 0 Å². The Morgan fingerprint density at radius 1 is 1.20 bits per heavy atom. The summed E-state index contributed by atoms with van der Waals surface area (Å²) in [6.45, 7) is 7.04. The lowest BCUT2D eigenvalue weighted by atomic mass is 9.45. The van der Waals surface area contributed by atoms with Gasteiger partial charge in [0.25, 0.3) is 0 Å². The largest absolute Gasteiger partial charge is 0.396 e. The van der Waals surface area contributed by atoms with Crippen LogP contribution in [0.15, 0.2) is 11.6 Å². The molecule has 140 valence electrons. The molecule has 25 heavy (non-hydrogen) atoms. The van der Waals surface area contributed by atoms with Crippen molar-refractivity contribution >= 4 is 5.78 Å². The Labute approximate surface area is 151 Å². The van der Waals surface area contributed by atoms with Crippen LogP contribution in [0.3, 0.4) is 0 Å². The van der Waals surface area contributed by atoms with E-state index in [1.807, 2.05) is 6.08 Å². The van der Waals surface area contributed by atoms with Crippen LogP contribution in [-0.4, -0.2) is 28.7 Å². The molecular weight excluding hydrogens is 312 g/mol. The van der Waals surface area contributed by atoms with E-state index >= 15 is 0 Å². The second-order valence-corrected chi connectivity index (χ2v) is 9.93. The van der Waals surface area contributed by atoms with Crippen LogP contribution in [0.5, 0.6) is 0 Å². The van der Waals surface area contributed by atoms with Crippen molar-refractivity contribution in [2.45, 2.75) is 71.8 Å². The van der Waals surface area contributed by atoms with Crippen LogP contribution in [0.4, 0.5) is 0 Å². The van der Waals surface area contributed by atoms with Gasteiger partial charge < -0.3 is 10.2 Å². The van der Waals surface area contributed by atoms with Crippen molar-refractivity contribution in [3.05, 3.63) is 11.6 Å². The molecule has 0 saturated heterocycles. The van der Waals surface area contributed by atoms with Crippen molar-refractivity contribution in [3.63, 3.8) is 0 Å². The third-order valence-corrected chi connectivity index (χ3v) is 9.12. The van der Waals surface area contributed by atoms with Gasteiger partial charge in [-0.25, -0.2) is 0 Å². The number of hydrogen-bond donors (Lipinski definition) is 2. The first-order chi connectivity index (χ1) is 11.8. The van der Waals surface area contributed by atoms with Gasteiger partial charge in [-0.1, -0.05) is 26.3 Å². The maximum Gasteiger partial charge on any atom is 0.155 e. The monoisotopic (exact) mass is 346 g/mol. The Kier molecular flexibility index (Phi) is 4.20. The summed E-state index contributed by atoms with van der Waals surface area (Å²) < 4.78 is 0. The van der Waals surface area contributed by atoms with Crippen LogP contribution in [-0.2, 0) is 4.79 Å². The fourth-order valence-electron chi connectivity index (χ4n) is 7.61. The molecule has 0 aliphatic heterocycles. The van der Waals surface area contributed by atoms with Crippen molar-refractivity contribution in [2.24, 2.45) is 40.4 Å². The molecule has 4 aliphatic rings. The van der Waals surface area contributed by atoms with Gasteiger partial charge in [0, 0.05) is 13.0 Å². The maximum atomic E-state index is 11.9. The Balaban J connectivity index is 1.68. The van der Waals surface area contributed by atoms with Gasteiger partial charge in [-0.2, -0.15) is 0 Å². The molecule has 2 N–H and O–H groups in total. The molecule has 4 rings (SSSR count). The van der Waals surface area contributed by atoms with E-state index < -0.39 is 0 Å². The fraction of sp³-hybridized carbons (Fsp3) is 0.864. The molecule has 0 spiro atoms. The highest BCUT2D eigenvalue weighted by Gasteiger charge is 2.62. The number of hydrogen-bond acceptors (Lipinski definition) is 3. The van der Waals surface area contributed by atoms with E-state index in [0.717, 1.165) is 25.7 Å². The van der Waals surface area contributed by atoms with Crippen molar-refractivity contribution in [3.8, 4) is 0 Å². The van der Waals surface area contributed by atoms with Crippen molar-refractivity contribution in [2.75, 3.05) is 6.61 Å².